The van der Waals surface area contributed by atoms with E-state index in [0.717, 1.165) is 0 Å². The van der Waals surface area contributed by atoms with E-state index in [1.807, 2.05) is 6.07 Å². The van der Waals surface area contributed by atoms with Crippen molar-refractivity contribution in [3.8, 4) is 6.07 Å². The van der Waals surface area contributed by atoms with Crippen molar-refractivity contribution in [2.75, 3.05) is 0 Å². The molecule has 1 aromatic rings. The zero-order chi connectivity index (χ0) is 15.2. The van der Waals surface area contributed by atoms with Crippen LogP contribution in [-0.2, 0) is 21.2 Å². The topological polar surface area (TPSA) is 107 Å². The molecule has 0 fully saturated rings. The van der Waals surface area contributed by atoms with E-state index in [0.29, 0.717) is 12.0 Å². The number of carboxylic acids is 1. The monoisotopic (exact) mass is 296 g/mol. The Morgan fingerprint density at radius 1 is 1.40 bits per heavy atom. The van der Waals surface area contributed by atoms with Crippen LogP contribution in [0.25, 0.3) is 0 Å². The summed E-state index contributed by atoms with van der Waals surface area (Å²) in [5, 5.41) is 17.5. The van der Waals surface area contributed by atoms with Gasteiger partial charge in [0.1, 0.15) is 6.04 Å². The highest BCUT2D eigenvalue weighted by Gasteiger charge is 2.24. The Morgan fingerprint density at radius 3 is 2.45 bits per heavy atom. The highest BCUT2D eigenvalue weighted by Crippen LogP contribution is 2.12. The third-order valence-electron chi connectivity index (χ3n) is 2.69. The highest BCUT2D eigenvalue weighted by atomic mass is 32.2. The average molecular weight is 296 g/mol. The van der Waals surface area contributed by atoms with Crippen LogP contribution >= 0.6 is 0 Å². The van der Waals surface area contributed by atoms with Crippen LogP contribution in [0.3, 0.4) is 0 Å². The molecule has 0 radical (unpaired) electrons. The summed E-state index contributed by atoms with van der Waals surface area (Å²) < 4.78 is 26.3. The smallest absolute Gasteiger partial charge is 0.321 e. The lowest BCUT2D eigenvalue weighted by Crippen LogP contribution is -2.40. The molecule has 7 heteroatoms. The normalized spacial score (nSPS) is 12.6. The molecule has 0 spiro atoms. The van der Waals surface area contributed by atoms with E-state index in [9.17, 15) is 13.2 Å². The first-order valence-electron chi connectivity index (χ1n) is 6.11. The number of hydrogen-bond donors (Lipinski definition) is 2. The Labute approximate surface area is 118 Å². The molecule has 0 aliphatic heterocycles. The molecule has 1 rings (SSSR count). The number of sulfonamides is 1. The van der Waals surface area contributed by atoms with Crippen molar-refractivity contribution in [1.82, 2.24) is 4.72 Å². The van der Waals surface area contributed by atoms with Gasteiger partial charge in [-0.25, -0.2) is 8.42 Å². The minimum atomic E-state index is -3.87. The largest absolute Gasteiger partial charge is 0.480 e. The number of carboxylic acid groups (broad SMARTS) is 1. The molecular formula is C13H16N2O4S. The molecule has 1 unspecified atom stereocenters. The molecule has 6 nitrogen and oxygen atoms in total. The fraction of sp³-hybridized carbons (Fsp3) is 0.385. The number of nitriles is 1. The van der Waals surface area contributed by atoms with Crippen LogP contribution in [0.4, 0.5) is 0 Å². The van der Waals surface area contributed by atoms with Crippen LogP contribution in [0, 0.1) is 11.3 Å². The Kier molecular flexibility index (Phi) is 5.67. The van der Waals surface area contributed by atoms with Gasteiger partial charge in [-0.15, -0.1) is 0 Å². The van der Waals surface area contributed by atoms with Crippen molar-refractivity contribution >= 4 is 16.0 Å². The minimum Gasteiger partial charge on any atom is -0.480 e. The van der Waals surface area contributed by atoms with Crippen molar-refractivity contribution < 1.29 is 18.3 Å². The van der Waals surface area contributed by atoms with E-state index in [1.165, 1.54) is 24.3 Å². The predicted molar refractivity (Wildman–Crippen MR) is 72.4 cm³/mol. The number of nitrogens with zero attached hydrogens (tertiary/aromatic N) is 1. The second-order valence-corrected chi connectivity index (χ2v) is 5.99. The summed E-state index contributed by atoms with van der Waals surface area (Å²) in [6.07, 6.45) is 0.975. The fourth-order valence-electron chi connectivity index (χ4n) is 1.65. The first-order chi connectivity index (χ1) is 9.40. The molecule has 20 heavy (non-hydrogen) atoms. The van der Waals surface area contributed by atoms with E-state index in [-0.39, 0.29) is 17.7 Å². The van der Waals surface area contributed by atoms with Crippen LogP contribution < -0.4 is 4.72 Å². The molecule has 0 saturated carbocycles. The predicted octanol–water partition coefficient (Wildman–Crippen LogP) is 1.28. The van der Waals surface area contributed by atoms with Gasteiger partial charge in [0.05, 0.1) is 17.4 Å². The lowest BCUT2D eigenvalue weighted by Gasteiger charge is -2.14. The number of carbonyl (C=O) groups is 1. The number of hydrogen-bond acceptors (Lipinski definition) is 4. The maximum Gasteiger partial charge on any atom is 0.321 e. The second-order valence-electron chi connectivity index (χ2n) is 4.28. The molecule has 0 saturated heterocycles. The Morgan fingerprint density at radius 2 is 2.00 bits per heavy atom. The molecular weight excluding hydrogens is 280 g/mol. The van der Waals surface area contributed by atoms with Crippen molar-refractivity contribution in [3.05, 3.63) is 29.8 Å². The van der Waals surface area contributed by atoms with Crippen molar-refractivity contribution in [2.24, 2.45) is 0 Å². The SMILES string of the molecule is CCCC(NS(=O)(=O)c1ccc(CC#N)cc1)C(=O)O. The quantitative estimate of drug-likeness (QED) is 0.788. The van der Waals surface area contributed by atoms with Gasteiger partial charge in [0.2, 0.25) is 10.0 Å². The maximum absolute atomic E-state index is 12.1. The van der Waals surface area contributed by atoms with E-state index < -0.39 is 22.0 Å². The highest BCUT2D eigenvalue weighted by molar-refractivity contribution is 7.89. The van der Waals surface area contributed by atoms with Crippen molar-refractivity contribution in [3.63, 3.8) is 0 Å². The van der Waals surface area contributed by atoms with Gasteiger partial charge in [0, 0.05) is 0 Å². The van der Waals surface area contributed by atoms with Gasteiger partial charge in [-0.2, -0.15) is 9.98 Å². The van der Waals surface area contributed by atoms with E-state index in [4.69, 9.17) is 10.4 Å². The zero-order valence-electron chi connectivity index (χ0n) is 11.0. The van der Waals surface area contributed by atoms with Crippen molar-refractivity contribution in [1.29, 1.82) is 5.26 Å². The molecule has 0 heterocycles. The zero-order valence-corrected chi connectivity index (χ0v) is 11.9. The van der Waals surface area contributed by atoms with Gasteiger partial charge in [0.25, 0.3) is 0 Å². The van der Waals surface area contributed by atoms with Gasteiger partial charge in [-0.05, 0) is 24.1 Å². The van der Waals surface area contributed by atoms with Gasteiger partial charge in [-0.3, -0.25) is 4.79 Å². The molecule has 1 aromatic carbocycles. The summed E-state index contributed by atoms with van der Waals surface area (Å²) in [6.45, 7) is 1.78. The Hall–Kier alpha value is -1.91. The van der Waals surface area contributed by atoms with Crippen molar-refractivity contribution in [2.45, 2.75) is 37.1 Å². The van der Waals surface area contributed by atoms with E-state index in [1.54, 1.807) is 6.92 Å². The Bertz CT molecular complexity index is 602. The molecule has 2 N–H and O–H groups in total. The molecule has 0 bridgehead atoms. The Balaban J connectivity index is 2.92. The molecule has 0 amide bonds. The van der Waals surface area contributed by atoms with Crippen LogP contribution in [0.1, 0.15) is 25.3 Å². The summed E-state index contributed by atoms with van der Waals surface area (Å²) in [5.41, 5.74) is 0.704. The van der Waals surface area contributed by atoms with Gasteiger partial charge in [0.15, 0.2) is 0 Å². The molecule has 0 aromatic heterocycles. The van der Waals surface area contributed by atoms with E-state index in [2.05, 4.69) is 4.72 Å². The average Bonchev–Trinajstić information content (AvgIpc) is 2.39. The summed E-state index contributed by atoms with van der Waals surface area (Å²) in [5.74, 6) is -1.20. The summed E-state index contributed by atoms with van der Waals surface area (Å²) in [6, 6.07) is 6.62. The molecule has 108 valence electrons. The van der Waals surface area contributed by atoms with Crippen LogP contribution in [0.15, 0.2) is 29.2 Å². The minimum absolute atomic E-state index is 0.0125. The van der Waals surface area contributed by atoms with Crippen LogP contribution in [0.2, 0.25) is 0 Å². The third kappa shape index (κ3) is 4.33. The van der Waals surface area contributed by atoms with Crippen LogP contribution in [-0.4, -0.2) is 25.5 Å². The number of aliphatic carboxylic acids is 1. The molecule has 0 aliphatic rings. The van der Waals surface area contributed by atoms with Gasteiger partial charge < -0.3 is 5.11 Å². The van der Waals surface area contributed by atoms with Gasteiger partial charge in [-0.1, -0.05) is 25.5 Å². The second kappa shape index (κ2) is 7.03. The number of benzene rings is 1. The molecule has 1 atom stereocenters. The van der Waals surface area contributed by atoms with Gasteiger partial charge >= 0.3 is 5.97 Å². The lowest BCUT2D eigenvalue weighted by atomic mass is 10.2. The number of nitrogens with one attached hydrogen (secondary N) is 1. The fourth-order valence-corrected chi connectivity index (χ4v) is 2.88. The van der Waals surface area contributed by atoms with Crippen LogP contribution in [0.5, 0.6) is 0 Å². The van der Waals surface area contributed by atoms with E-state index >= 15 is 0 Å². The standard InChI is InChI=1S/C13H16N2O4S/c1-2-3-12(13(16)17)15-20(18,19)11-6-4-10(5-7-11)8-9-14/h4-7,12,15H,2-3,8H2,1H3,(H,16,17). The summed E-state index contributed by atoms with van der Waals surface area (Å²) >= 11 is 0. The summed E-state index contributed by atoms with van der Waals surface area (Å²) in [7, 11) is -3.87. The number of rotatable bonds is 7. The first kappa shape index (κ1) is 16.1. The maximum atomic E-state index is 12.1. The summed E-state index contributed by atoms with van der Waals surface area (Å²) in [4.78, 5) is 11.0. The first-order valence-corrected chi connectivity index (χ1v) is 7.60. The lowest BCUT2D eigenvalue weighted by molar-refractivity contribution is -0.139. The third-order valence-corrected chi connectivity index (χ3v) is 4.18. The molecule has 0 aliphatic carbocycles.